The molecule has 0 aliphatic heterocycles. The first-order valence-corrected chi connectivity index (χ1v) is 9.61. The van der Waals surface area contributed by atoms with E-state index in [1.807, 2.05) is 54.6 Å². The third kappa shape index (κ3) is 7.24. The first-order chi connectivity index (χ1) is 13.1. The zero-order valence-electron chi connectivity index (χ0n) is 16.7. The molecule has 2 aromatic carbocycles. The highest BCUT2D eigenvalue weighted by Gasteiger charge is 2.23. The molecular weight excluding hydrogens is 376 g/mol. The number of alkyl carbamates (subject to hydrolysis) is 1. The second-order valence-corrected chi connectivity index (χ2v) is 8.11. The van der Waals surface area contributed by atoms with Crippen molar-refractivity contribution in [1.29, 1.82) is 0 Å². The van der Waals surface area contributed by atoms with E-state index in [9.17, 15) is 9.59 Å². The number of carbonyl (C=O) groups is 2. The molecule has 0 radical (unpaired) electrons. The van der Waals surface area contributed by atoms with Gasteiger partial charge in [-0.1, -0.05) is 54.1 Å². The molecule has 0 heterocycles. The summed E-state index contributed by atoms with van der Waals surface area (Å²) in [5.74, 6) is -0.284. The van der Waals surface area contributed by atoms with E-state index in [4.69, 9.17) is 16.3 Å². The van der Waals surface area contributed by atoms with Gasteiger partial charge in [0.2, 0.25) is 5.91 Å². The van der Waals surface area contributed by atoms with Gasteiger partial charge in [-0.3, -0.25) is 4.79 Å². The van der Waals surface area contributed by atoms with Crippen LogP contribution < -0.4 is 10.6 Å². The molecule has 2 amide bonds. The van der Waals surface area contributed by atoms with Crippen LogP contribution in [0.5, 0.6) is 0 Å². The van der Waals surface area contributed by atoms with Gasteiger partial charge < -0.3 is 15.4 Å². The van der Waals surface area contributed by atoms with Gasteiger partial charge in [-0.15, -0.1) is 0 Å². The van der Waals surface area contributed by atoms with Gasteiger partial charge >= 0.3 is 6.09 Å². The highest BCUT2D eigenvalue weighted by atomic mass is 35.5. The Morgan fingerprint density at radius 2 is 1.61 bits per heavy atom. The van der Waals surface area contributed by atoms with Crippen molar-refractivity contribution in [2.75, 3.05) is 0 Å². The number of amides is 2. The van der Waals surface area contributed by atoms with Crippen molar-refractivity contribution in [1.82, 2.24) is 10.6 Å². The van der Waals surface area contributed by atoms with E-state index in [0.29, 0.717) is 11.4 Å². The van der Waals surface area contributed by atoms with E-state index in [0.717, 1.165) is 11.1 Å². The number of ether oxygens (including phenoxy) is 1. The lowest BCUT2D eigenvalue weighted by atomic mass is 9.98. The maximum absolute atomic E-state index is 12.7. The maximum Gasteiger partial charge on any atom is 0.408 e. The minimum Gasteiger partial charge on any atom is -0.444 e. The summed E-state index contributed by atoms with van der Waals surface area (Å²) in [5, 5.41) is 6.26. The molecule has 2 aromatic rings. The molecule has 28 heavy (non-hydrogen) atoms. The Hall–Kier alpha value is -2.53. The summed E-state index contributed by atoms with van der Waals surface area (Å²) in [7, 11) is 0. The summed E-state index contributed by atoms with van der Waals surface area (Å²) >= 11 is 5.96. The largest absolute Gasteiger partial charge is 0.444 e. The predicted octanol–water partition coefficient (Wildman–Crippen LogP) is 4.65. The minimum absolute atomic E-state index is 0.238. The van der Waals surface area contributed by atoms with Crippen molar-refractivity contribution in [3.8, 4) is 0 Å². The summed E-state index contributed by atoms with van der Waals surface area (Å²) < 4.78 is 5.21. The minimum atomic E-state index is -0.730. The molecule has 0 aliphatic carbocycles. The van der Waals surface area contributed by atoms with Crippen LogP contribution in [-0.4, -0.2) is 23.6 Å². The van der Waals surface area contributed by atoms with E-state index in [1.54, 1.807) is 27.7 Å². The van der Waals surface area contributed by atoms with Gasteiger partial charge in [0.15, 0.2) is 0 Å². The predicted molar refractivity (Wildman–Crippen MR) is 111 cm³/mol. The van der Waals surface area contributed by atoms with Crippen LogP contribution in [-0.2, 0) is 16.0 Å². The fourth-order valence-corrected chi connectivity index (χ4v) is 2.77. The molecule has 2 atom stereocenters. The SMILES string of the molecule is C[C@@H](NC(=O)OC(C)(C)C)C(=O)NC(Cc1ccc(Cl)cc1)c1ccccc1. The van der Waals surface area contributed by atoms with Crippen LogP contribution in [0.2, 0.25) is 5.02 Å². The number of nitrogens with one attached hydrogen (secondary N) is 2. The smallest absolute Gasteiger partial charge is 0.408 e. The van der Waals surface area contributed by atoms with Crippen LogP contribution in [0.15, 0.2) is 54.6 Å². The third-order valence-corrected chi connectivity index (χ3v) is 4.25. The molecule has 2 rings (SSSR count). The molecule has 0 spiro atoms. The molecule has 5 nitrogen and oxygen atoms in total. The van der Waals surface area contributed by atoms with Crippen molar-refractivity contribution >= 4 is 23.6 Å². The van der Waals surface area contributed by atoms with Gasteiger partial charge in [-0.05, 0) is 57.4 Å². The third-order valence-electron chi connectivity index (χ3n) is 4.00. The zero-order chi connectivity index (χ0) is 20.7. The summed E-state index contributed by atoms with van der Waals surface area (Å²) in [6, 6.07) is 16.3. The van der Waals surface area contributed by atoms with E-state index < -0.39 is 17.7 Å². The van der Waals surface area contributed by atoms with E-state index in [-0.39, 0.29) is 11.9 Å². The van der Waals surface area contributed by atoms with Crippen LogP contribution >= 0.6 is 11.6 Å². The summed E-state index contributed by atoms with van der Waals surface area (Å²) in [6.07, 6.45) is -0.0179. The monoisotopic (exact) mass is 402 g/mol. The molecule has 2 N–H and O–H groups in total. The van der Waals surface area contributed by atoms with Crippen molar-refractivity contribution in [2.24, 2.45) is 0 Å². The van der Waals surface area contributed by atoms with Gasteiger partial charge in [-0.25, -0.2) is 4.79 Å². The molecule has 0 fully saturated rings. The number of hydrogen-bond donors (Lipinski definition) is 2. The number of carbonyl (C=O) groups excluding carboxylic acids is 2. The fourth-order valence-electron chi connectivity index (χ4n) is 2.64. The second-order valence-electron chi connectivity index (χ2n) is 7.67. The normalized spacial score (nSPS) is 13.3. The Bertz CT molecular complexity index is 786. The van der Waals surface area contributed by atoms with E-state index in [1.165, 1.54) is 0 Å². The maximum atomic E-state index is 12.7. The topological polar surface area (TPSA) is 67.4 Å². The van der Waals surface area contributed by atoms with Crippen LogP contribution in [0.3, 0.4) is 0 Å². The van der Waals surface area contributed by atoms with E-state index in [2.05, 4.69) is 10.6 Å². The number of benzene rings is 2. The lowest BCUT2D eigenvalue weighted by Crippen LogP contribution is -2.47. The molecule has 0 aliphatic rings. The summed E-state index contributed by atoms with van der Waals surface area (Å²) in [5.41, 5.74) is 1.41. The number of halogens is 1. The summed E-state index contributed by atoms with van der Waals surface area (Å²) in [6.45, 7) is 6.95. The van der Waals surface area contributed by atoms with Gasteiger partial charge in [-0.2, -0.15) is 0 Å². The Kier molecular flexibility index (Phi) is 7.46. The highest BCUT2D eigenvalue weighted by molar-refractivity contribution is 6.30. The lowest BCUT2D eigenvalue weighted by molar-refractivity contribution is -0.123. The molecule has 150 valence electrons. The fraction of sp³-hybridized carbons (Fsp3) is 0.364. The average molecular weight is 403 g/mol. The number of rotatable bonds is 6. The molecule has 1 unspecified atom stereocenters. The second kappa shape index (κ2) is 9.60. The Morgan fingerprint density at radius 1 is 1.00 bits per heavy atom. The zero-order valence-corrected chi connectivity index (χ0v) is 17.4. The van der Waals surface area contributed by atoms with Crippen LogP contribution in [0.4, 0.5) is 4.79 Å². The van der Waals surface area contributed by atoms with Crippen LogP contribution in [0.25, 0.3) is 0 Å². The lowest BCUT2D eigenvalue weighted by Gasteiger charge is -2.24. The molecule has 0 saturated heterocycles. The Labute approximate surface area is 171 Å². The molecule has 0 saturated carbocycles. The molecule has 0 bridgehead atoms. The number of hydrogen-bond acceptors (Lipinski definition) is 3. The highest BCUT2D eigenvalue weighted by Crippen LogP contribution is 2.20. The quantitative estimate of drug-likeness (QED) is 0.738. The van der Waals surface area contributed by atoms with Gasteiger partial charge in [0.05, 0.1) is 6.04 Å². The molecule has 6 heteroatoms. The first kappa shape index (κ1) is 21.8. The Morgan fingerprint density at radius 3 is 2.18 bits per heavy atom. The molecular formula is C22H27ClN2O3. The van der Waals surface area contributed by atoms with Crippen molar-refractivity contribution in [2.45, 2.75) is 51.8 Å². The van der Waals surface area contributed by atoms with Crippen molar-refractivity contribution in [3.63, 3.8) is 0 Å². The first-order valence-electron chi connectivity index (χ1n) is 9.23. The van der Waals surface area contributed by atoms with Crippen molar-refractivity contribution < 1.29 is 14.3 Å². The standard InChI is InChI=1S/C22H27ClN2O3/c1-15(24-21(27)28-22(2,3)4)20(26)25-19(17-8-6-5-7-9-17)14-16-10-12-18(23)13-11-16/h5-13,15,19H,14H2,1-4H3,(H,24,27)(H,25,26)/t15-,19?/m1/s1. The van der Waals surface area contributed by atoms with Gasteiger partial charge in [0, 0.05) is 5.02 Å². The Balaban J connectivity index is 2.07. The molecule has 0 aromatic heterocycles. The van der Waals surface area contributed by atoms with Crippen LogP contribution in [0, 0.1) is 0 Å². The average Bonchev–Trinajstić information content (AvgIpc) is 2.62. The summed E-state index contributed by atoms with van der Waals surface area (Å²) in [4.78, 5) is 24.6. The van der Waals surface area contributed by atoms with Crippen LogP contribution in [0.1, 0.15) is 44.9 Å². The van der Waals surface area contributed by atoms with Gasteiger partial charge in [0.25, 0.3) is 0 Å². The van der Waals surface area contributed by atoms with Gasteiger partial charge in [0.1, 0.15) is 11.6 Å². The van der Waals surface area contributed by atoms with Crippen molar-refractivity contribution in [3.05, 3.63) is 70.7 Å². The van der Waals surface area contributed by atoms with E-state index >= 15 is 0 Å².